The first-order valence-corrected chi connectivity index (χ1v) is 40.6. The molecule has 0 unspecified atom stereocenters. The van der Waals surface area contributed by atoms with Gasteiger partial charge < -0.3 is 70.7 Å². The Morgan fingerprint density at radius 2 is 0.348 bits per heavy atom. The highest BCUT2D eigenvalue weighted by Crippen LogP contribution is 2.10. The van der Waals surface area contributed by atoms with E-state index < -0.39 is 0 Å². The highest BCUT2D eigenvalue weighted by molar-refractivity contribution is 6.33. The molecule has 0 heterocycles. The molecule has 0 N–H and O–H groups in total. The number of Topliss-reactive ketones (excluding diaryl/α,β-unsaturated/α-hetero) is 2. The molecule has 19 heteroatoms. The van der Waals surface area contributed by atoms with Crippen molar-refractivity contribution in [2.75, 3.05) is 192 Å². The molecule has 0 atom stereocenters. The summed E-state index contributed by atoms with van der Waals surface area (Å²) in [7, 11) is 1.58. The van der Waals surface area contributed by atoms with Crippen LogP contribution in [-0.4, -0.2) is 222 Å². The number of hydrogen-bond donors (Lipinski definition) is 0. The van der Waals surface area contributed by atoms with Crippen LogP contribution in [0.25, 0.3) is 0 Å². The van der Waals surface area contributed by atoms with E-state index in [1.54, 1.807) is 0 Å². The fourth-order valence-electron chi connectivity index (χ4n) is 9.36. The van der Waals surface area contributed by atoms with Crippen LogP contribution in [0.2, 0.25) is 18.6 Å². The largest absolute Gasteiger partial charge is 0.418 e. The van der Waals surface area contributed by atoms with Gasteiger partial charge in [0, 0.05) is 227 Å². The molecule has 0 amide bonds. The topological polar surface area (TPSA) is 173 Å². The van der Waals surface area contributed by atoms with Crippen LogP contribution in [0.5, 0.6) is 0 Å². The van der Waals surface area contributed by atoms with Crippen molar-refractivity contribution in [3.63, 3.8) is 0 Å². The lowest BCUT2D eigenvalue weighted by Crippen LogP contribution is -2.05. The van der Waals surface area contributed by atoms with Gasteiger partial charge in [-0.2, -0.15) is 0 Å². The number of carbonyl (C=O) groups excluding carboxylic acids is 2. The Morgan fingerprint density at radius 3 is 0.500 bits per heavy atom. The highest BCUT2D eigenvalue weighted by Gasteiger charge is 2.06. The minimum atomic E-state index is 0.388. The molecule has 0 aliphatic carbocycles. The monoisotopic (exact) mass is 1350 g/mol. The fourth-order valence-corrected chi connectivity index (χ4v) is 10.7. The summed E-state index contributed by atoms with van der Waals surface area (Å²) in [5.41, 5.74) is 0. The second-order valence-corrected chi connectivity index (χ2v) is 26.4. The zero-order valence-electron chi connectivity index (χ0n) is 59.7. The number of ketones is 2. The van der Waals surface area contributed by atoms with Gasteiger partial charge in [-0.15, -0.1) is 0 Å². The van der Waals surface area contributed by atoms with E-state index in [0.29, 0.717) is 40.6 Å². The minimum Gasteiger partial charge on any atom is -0.418 e. The quantitative estimate of drug-likeness (QED) is 0.0415. The van der Waals surface area contributed by atoms with Gasteiger partial charge >= 0.3 is 0 Å². The molecule has 0 aromatic heterocycles. The normalized spacial score (nSPS) is 11.7. The standard InChI is InChI=1S/C73H144O17Si2/c1-3-90-92-71-37-7-41-73(75)39-5-9-43-77-45-11-13-47-79-49-15-17-51-81-53-19-21-55-83-57-23-25-59-85-61-27-29-63-87-65-31-33-67-89-69-35-34-68-88-66-32-30-64-86-62-28-26-60-84-58-24-22-56-82-54-20-18-52-80-50-16-14-48-78-46-12-10-44-76-42-8-4-38-72(74)40-6-36-70-91-2/h3-71H2,1-2H3. The smallest absolute Gasteiger partial charge is 0.229 e. The fraction of sp³-hybridized carbons (Fsp3) is 0.973. The molecule has 0 spiro atoms. The SMILES string of the molecule is CCO[Si]CCCCC(=O)CCCCOCCCCOCCCCOCCCCOCCCCOCCCCOCCCCOCCCCOCCCCOCCCCOCCCCOCCCCOCCCCOCCCCOCCCCC(=O)CCCC[Si]C. The first-order valence-electron chi connectivity index (χ1n) is 37.8. The average molecular weight is 1350 g/mol. The summed E-state index contributed by atoms with van der Waals surface area (Å²) < 4.78 is 86.3. The van der Waals surface area contributed by atoms with Crippen LogP contribution in [-0.2, 0) is 80.3 Å². The van der Waals surface area contributed by atoms with Crippen molar-refractivity contribution in [2.45, 2.75) is 270 Å². The Labute approximate surface area is 569 Å². The molecule has 0 aliphatic rings. The van der Waals surface area contributed by atoms with Crippen molar-refractivity contribution in [3.8, 4) is 0 Å². The summed E-state index contributed by atoms with van der Waals surface area (Å²) in [6.07, 6.45) is 38.0. The van der Waals surface area contributed by atoms with E-state index in [4.69, 9.17) is 70.7 Å². The zero-order chi connectivity index (χ0) is 66.0. The van der Waals surface area contributed by atoms with Crippen molar-refractivity contribution in [3.05, 3.63) is 0 Å². The third kappa shape index (κ3) is 85.3. The van der Waals surface area contributed by atoms with E-state index >= 15 is 0 Å². The number of rotatable bonds is 87. The molecule has 0 rings (SSSR count). The van der Waals surface area contributed by atoms with Crippen LogP contribution >= 0.6 is 0 Å². The van der Waals surface area contributed by atoms with Gasteiger partial charge in [0.25, 0.3) is 0 Å². The van der Waals surface area contributed by atoms with E-state index in [1.807, 2.05) is 6.92 Å². The Kier molecular flexibility index (Phi) is 85.5. The molecule has 0 aromatic carbocycles. The maximum Gasteiger partial charge on any atom is 0.229 e. The van der Waals surface area contributed by atoms with Crippen molar-refractivity contribution in [2.24, 2.45) is 0 Å². The molecule has 546 valence electrons. The molecule has 0 bridgehead atoms. The van der Waals surface area contributed by atoms with E-state index in [2.05, 4.69) is 6.55 Å². The van der Waals surface area contributed by atoms with Crippen LogP contribution in [0.3, 0.4) is 0 Å². The van der Waals surface area contributed by atoms with E-state index in [0.717, 1.165) is 425 Å². The molecule has 0 fully saturated rings. The molecule has 17 nitrogen and oxygen atoms in total. The Bertz CT molecular complexity index is 1370. The number of ether oxygens (including phenoxy) is 14. The lowest BCUT2D eigenvalue weighted by molar-refractivity contribution is -0.120. The predicted octanol–water partition coefficient (Wildman–Crippen LogP) is 15.4. The molecule has 0 aliphatic heterocycles. The van der Waals surface area contributed by atoms with Gasteiger partial charge in [-0.05, 0) is 218 Å². The Morgan fingerprint density at radius 1 is 0.207 bits per heavy atom. The molecular weight excluding hydrogens is 1200 g/mol. The van der Waals surface area contributed by atoms with Gasteiger partial charge in [-0.1, -0.05) is 25.4 Å². The number of hydrogen-bond acceptors (Lipinski definition) is 17. The summed E-state index contributed by atoms with van der Waals surface area (Å²) >= 11 is 0. The van der Waals surface area contributed by atoms with Crippen LogP contribution in [0.1, 0.15) is 251 Å². The maximum absolute atomic E-state index is 12.0. The second-order valence-electron chi connectivity index (χ2n) is 24.1. The Hall–Kier alpha value is -0.826. The summed E-state index contributed by atoms with van der Waals surface area (Å²) in [6.45, 7) is 27.2. The van der Waals surface area contributed by atoms with Gasteiger partial charge in [-0.25, -0.2) is 0 Å². The molecular formula is C73H144O17Si2. The van der Waals surface area contributed by atoms with E-state index in [9.17, 15) is 9.59 Å². The average Bonchev–Trinajstić information content (AvgIpc) is 3.59. The van der Waals surface area contributed by atoms with Crippen LogP contribution in [0.15, 0.2) is 0 Å². The van der Waals surface area contributed by atoms with E-state index in [-0.39, 0.29) is 0 Å². The lowest BCUT2D eigenvalue weighted by Gasteiger charge is -2.08. The maximum atomic E-state index is 12.0. The summed E-state index contributed by atoms with van der Waals surface area (Å²) in [6, 6.07) is 2.34. The van der Waals surface area contributed by atoms with Crippen molar-refractivity contribution in [1.29, 1.82) is 0 Å². The first-order chi connectivity index (χ1) is 45.7. The van der Waals surface area contributed by atoms with E-state index in [1.165, 1.54) is 12.5 Å². The minimum absolute atomic E-state index is 0.388. The number of unbranched alkanes of at least 4 members (excludes halogenated alkanes) is 17. The highest BCUT2D eigenvalue weighted by atomic mass is 28.2. The van der Waals surface area contributed by atoms with Crippen molar-refractivity contribution < 1.29 is 80.3 Å². The van der Waals surface area contributed by atoms with Crippen LogP contribution in [0.4, 0.5) is 0 Å². The zero-order valence-corrected chi connectivity index (χ0v) is 61.7. The van der Waals surface area contributed by atoms with Crippen molar-refractivity contribution >= 4 is 30.8 Å². The third-order valence-corrected chi connectivity index (χ3v) is 17.0. The first kappa shape index (κ1) is 91.2. The third-order valence-electron chi connectivity index (χ3n) is 15.1. The van der Waals surface area contributed by atoms with Crippen LogP contribution < -0.4 is 0 Å². The molecule has 0 aromatic rings. The lowest BCUT2D eigenvalue weighted by atomic mass is 10.1. The van der Waals surface area contributed by atoms with Gasteiger partial charge in [0.2, 0.25) is 9.76 Å². The molecule has 0 saturated carbocycles. The van der Waals surface area contributed by atoms with Crippen molar-refractivity contribution in [1.82, 2.24) is 0 Å². The summed E-state index contributed by atoms with van der Waals surface area (Å²) in [5, 5.41) is 0. The molecule has 92 heavy (non-hydrogen) atoms. The molecule has 0 saturated heterocycles. The number of carbonyl (C=O) groups is 2. The summed E-state index contributed by atoms with van der Waals surface area (Å²) in [4.78, 5) is 23.9. The van der Waals surface area contributed by atoms with Gasteiger partial charge in [0.1, 0.15) is 11.6 Å². The van der Waals surface area contributed by atoms with Gasteiger partial charge in [0.15, 0.2) is 0 Å². The van der Waals surface area contributed by atoms with Gasteiger partial charge in [-0.3, -0.25) is 9.59 Å². The second kappa shape index (κ2) is 86.3. The summed E-state index contributed by atoms with van der Waals surface area (Å²) in [5.74, 6) is 0.808. The van der Waals surface area contributed by atoms with Crippen LogP contribution in [0, 0.1) is 0 Å². The predicted molar refractivity (Wildman–Crippen MR) is 376 cm³/mol. The molecule has 4 radical (unpaired) electrons. The Balaban J connectivity index is 3.11. The van der Waals surface area contributed by atoms with Gasteiger partial charge in [0.05, 0.1) is 0 Å².